The third-order valence-corrected chi connectivity index (χ3v) is 9.86. The molecule has 42 heavy (non-hydrogen) atoms. The lowest BCUT2D eigenvalue weighted by atomic mass is 9.97. The van der Waals surface area contributed by atoms with Gasteiger partial charge in [0.1, 0.15) is 29.0 Å². The molecule has 11 heteroatoms. The summed E-state index contributed by atoms with van der Waals surface area (Å²) in [5.41, 5.74) is 0.517. The van der Waals surface area contributed by atoms with Gasteiger partial charge < -0.3 is 18.8 Å². The van der Waals surface area contributed by atoms with Crippen LogP contribution in [0.4, 0.5) is 0 Å². The van der Waals surface area contributed by atoms with Gasteiger partial charge in [-0.1, -0.05) is 37.5 Å². The van der Waals surface area contributed by atoms with Crippen molar-refractivity contribution in [2.24, 2.45) is 0 Å². The number of carbonyl (C=O) groups is 1. The number of methoxy groups -OCH3 is 1. The second-order valence-corrected chi connectivity index (χ2v) is 12.2. The van der Waals surface area contributed by atoms with Crippen LogP contribution in [0, 0.1) is 6.92 Å². The molecule has 1 saturated carbocycles. The molecule has 1 aromatic carbocycles. The molecular weight excluding hydrogens is 556 g/mol. The zero-order valence-corrected chi connectivity index (χ0v) is 25.0. The van der Waals surface area contributed by atoms with Crippen molar-refractivity contribution >= 4 is 27.5 Å². The van der Waals surface area contributed by atoms with Gasteiger partial charge in [0.25, 0.3) is 5.56 Å². The number of piperidine rings is 1. The van der Waals surface area contributed by atoms with E-state index in [-0.39, 0.29) is 18.6 Å². The van der Waals surface area contributed by atoms with Crippen molar-refractivity contribution in [3.8, 4) is 16.5 Å². The Bertz CT molecular complexity index is 1700. The average Bonchev–Trinajstić information content (AvgIpc) is 3.65. The van der Waals surface area contributed by atoms with Gasteiger partial charge in [-0.2, -0.15) is 0 Å². The number of para-hydroxylation sites is 1. The first-order chi connectivity index (χ1) is 20.4. The number of hydrogen-bond acceptors (Lipinski definition) is 8. The number of hydrogen-bond donors (Lipinski definition) is 0. The number of likely N-dealkylation sites (N-methyl/N-ethyl adjacent to an activating group) is 1. The summed E-state index contributed by atoms with van der Waals surface area (Å²) in [6.07, 6.45) is 8.97. The van der Waals surface area contributed by atoms with Gasteiger partial charge in [-0.05, 0) is 44.2 Å². The first kappa shape index (κ1) is 28.4. The van der Waals surface area contributed by atoms with Crippen LogP contribution in [-0.4, -0.2) is 51.7 Å². The highest BCUT2D eigenvalue weighted by atomic mass is 32.1. The zero-order valence-electron chi connectivity index (χ0n) is 24.2. The first-order valence-corrected chi connectivity index (χ1v) is 15.4. The van der Waals surface area contributed by atoms with Crippen LogP contribution in [0.15, 0.2) is 50.7 Å². The minimum atomic E-state index is -0.868. The molecule has 1 saturated heterocycles. The monoisotopic (exact) mass is 592 g/mol. The second-order valence-electron chi connectivity index (χ2n) is 11.2. The van der Waals surface area contributed by atoms with E-state index in [1.54, 1.807) is 29.8 Å². The Labute approximate surface area is 247 Å². The molecule has 1 unspecified atom stereocenters. The lowest BCUT2D eigenvalue weighted by molar-refractivity contribution is -0.136. The summed E-state index contributed by atoms with van der Waals surface area (Å²) in [6.45, 7) is 2.58. The molecule has 1 aliphatic carbocycles. The summed E-state index contributed by atoms with van der Waals surface area (Å²) in [7, 11) is 3.33. The molecule has 2 aliphatic rings. The van der Waals surface area contributed by atoms with Crippen LogP contribution < -0.4 is 16.0 Å². The van der Waals surface area contributed by atoms with Gasteiger partial charge in [0.05, 0.1) is 36.2 Å². The fourth-order valence-electron chi connectivity index (χ4n) is 6.34. The fourth-order valence-corrected chi connectivity index (χ4v) is 7.58. The highest BCUT2D eigenvalue weighted by molar-refractivity contribution is 7.22. The summed E-state index contributed by atoms with van der Waals surface area (Å²) in [6, 6.07) is 6.82. The molecule has 222 valence electrons. The molecule has 1 amide bonds. The van der Waals surface area contributed by atoms with Gasteiger partial charge in [0.15, 0.2) is 0 Å². The molecule has 0 radical (unpaired) electrons. The van der Waals surface area contributed by atoms with E-state index in [9.17, 15) is 14.4 Å². The van der Waals surface area contributed by atoms with Crippen molar-refractivity contribution in [2.75, 3.05) is 20.7 Å². The number of benzene rings is 1. The molecule has 3 aromatic heterocycles. The number of nitrogens with zero attached hydrogens (tertiary/aromatic N) is 4. The Morgan fingerprint density at radius 2 is 1.88 bits per heavy atom. The first-order valence-electron chi connectivity index (χ1n) is 14.6. The molecule has 10 nitrogen and oxygen atoms in total. The highest BCUT2D eigenvalue weighted by Crippen LogP contribution is 2.38. The smallest absolute Gasteiger partial charge is 0.332 e. The maximum atomic E-state index is 14.4. The van der Waals surface area contributed by atoms with Gasteiger partial charge in [-0.25, -0.2) is 14.3 Å². The fraction of sp³-hybridized carbons (Fsp3) is 0.484. The number of amides is 1. The van der Waals surface area contributed by atoms with Gasteiger partial charge in [0, 0.05) is 19.2 Å². The van der Waals surface area contributed by atoms with Crippen LogP contribution >= 0.6 is 11.3 Å². The minimum Gasteiger partial charge on any atom is -0.496 e. The summed E-state index contributed by atoms with van der Waals surface area (Å²) in [5.74, 6) is 0.821. The van der Waals surface area contributed by atoms with Crippen molar-refractivity contribution < 1.29 is 18.7 Å². The van der Waals surface area contributed by atoms with Crippen LogP contribution in [-0.2, 0) is 16.1 Å². The Kier molecular flexibility index (Phi) is 8.04. The third kappa shape index (κ3) is 5.09. The van der Waals surface area contributed by atoms with Crippen molar-refractivity contribution in [1.82, 2.24) is 19.0 Å². The second kappa shape index (κ2) is 11.9. The number of thiophene rings is 1. The van der Waals surface area contributed by atoms with E-state index in [1.807, 2.05) is 31.2 Å². The number of oxazole rings is 1. The topological polar surface area (TPSA) is 109 Å². The average molecular weight is 593 g/mol. The number of fused-ring (bicyclic) bond motifs is 1. The number of rotatable bonds is 8. The predicted molar refractivity (Wildman–Crippen MR) is 160 cm³/mol. The van der Waals surface area contributed by atoms with Crippen LogP contribution in [0.3, 0.4) is 0 Å². The normalized spacial score (nSPS) is 19.0. The molecule has 4 heterocycles. The van der Waals surface area contributed by atoms with Crippen molar-refractivity contribution in [1.29, 1.82) is 0 Å². The quantitative estimate of drug-likeness (QED) is 0.281. The lowest BCUT2D eigenvalue weighted by Gasteiger charge is -2.31. The number of likely N-dealkylation sites (tertiary alicyclic amines) is 1. The largest absolute Gasteiger partial charge is 0.496 e. The zero-order chi connectivity index (χ0) is 29.4. The predicted octanol–water partition coefficient (Wildman–Crippen LogP) is 5.08. The molecule has 4 aromatic rings. The third-order valence-electron chi connectivity index (χ3n) is 8.56. The number of ether oxygens (including phenoxy) is 2. The van der Waals surface area contributed by atoms with Gasteiger partial charge in [-0.3, -0.25) is 14.2 Å². The van der Waals surface area contributed by atoms with Gasteiger partial charge in [-0.15, -0.1) is 11.3 Å². The Morgan fingerprint density at radius 3 is 2.62 bits per heavy atom. The van der Waals surface area contributed by atoms with E-state index in [0.29, 0.717) is 51.7 Å². The summed E-state index contributed by atoms with van der Waals surface area (Å²) >= 11 is 1.30. The maximum absolute atomic E-state index is 14.4. The number of aryl methyl sites for hydroxylation is 1. The van der Waals surface area contributed by atoms with Crippen molar-refractivity contribution in [3.63, 3.8) is 0 Å². The van der Waals surface area contributed by atoms with E-state index in [2.05, 4.69) is 4.98 Å². The van der Waals surface area contributed by atoms with Crippen molar-refractivity contribution in [3.05, 3.63) is 68.7 Å². The van der Waals surface area contributed by atoms with E-state index < -0.39 is 23.4 Å². The van der Waals surface area contributed by atoms with Crippen LogP contribution in [0.25, 0.3) is 21.0 Å². The standard InChI is InChI=1S/C31H36N4O6S/c1-19-25-29(37)35(22-13-9-16-33(2)28(22)36)31(38)34(30(25)42-26(19)27-32-15-17-40-27)18-24(41-20-10-5-4-6-11-20)21-12-7-8-14-23(21)39-3/h7-8,12,14-15,17,20,22,24H,4-6,9-11,13,16,18H2,1-3H3/t22?,24-/m0/s1. The van der Waals surface area contributed by atoms with Gasteiger partial charge in [0.2, 0.25) is 11.8 Å². The van der Waals surface area contributed by atoms with E-state index >= 15 is 0 Å². The van der Waals surface area contributed by atoms with Crippen LogP contribution in [0.1, 0.15) is 68.2 Å². The van der Waals surface area contributed by atoms with Gasteiger partial charge >= 0.3 is 5.69 Å². The molecule has 6 rings (SSSR count). The molecule has 0 bridgehead atoms. The highest BCUT2D eigenvalue weighted by Gasteiger charge is 2.34. The molecule has 1 aliphatic heterocycles. The summed E-state index contributed by atoms with van der Waals surface area (Å²) in [5, 5.41) is 0.394. The Morgan fingerprint density at radius 1 is 1.10 bits per heavy atom. The SMILES string of the molecule is COc1ccccc1[C@H](Cn1c(=O)n(C2CCCN(C)C2=O)c(=O)c2c(C)c(-c3ncco3)sc21)OC1CCCCC1. The van der Waals surface area contributed by atoms with Crippen LogP contribution in [0.2, 0.25) is 0 Å². The lowest BCUT2D eigenvalue weighted by Crippen LogP contribution is -2.49. The minimum absolute atomic E-state index is 0.0484. The molecule has 0 spiro atoms. The van der Waals surface area contributed by atoms with E-state index in [4.69, 9.17) is 13.9 Å². The maximum Gasteiger partial charge on any atom is 0.332 e. The molecule has 0 N–H and O–H groups in total. The van der Waals surface area contributed by atoms with Crippen LogP contribution in [0.5, 0.6) is 5.75 Å². The van der Waals surface area contributed by atoms with Crippen molar-refractivity contribution in [2.45, 2.75) is 76.7 Å². The Balaban J connectivity index is 1.56. The molecule has 2 atom stereocenters. The van der Waals surface area contributed by atoms with E-state index in [1.165, 1.54) is 28.6 Å². The molecular formula is C31H36N4O6S. The number of carbonyl (C=O) groups excluding carboxylic acids is 1. The number of aromatic nitrogens is 3. The Hall–Kier alpha value is -3.70. The summed E-state index contributed by atoms with van der Waals surface area (Å²) < 4.78 is 20.9. The summed E-state index contributed by atoms with van der Waals surface area (Å²) in [4.78, 5) is 48.9. The molecule has 2 fully saturated rings. The van der Waals surface area contributed by atoms with E-state index in [0.717, 1.165) is 31.2 Å².